The number of aliphatic carboxylic acids is 1. The Hall–Kier alpha value is -2.69. The lowest BCUT2D eigenvalue weighted by Gasteiger charge is -2.42. The summed E-state index contributed by atoms with van der Waals surface area (Å²) in [5.41, 5.74) is -0.129. The van der Waals surface area contributed by atoms with E-state index < -0.39 is 19.7 Å². The first kappa shape index (κ1) is 23.0. The highest BCUT2D eigenvalue weighted by atomic mass is 28.4. The van der Waals surface area contributed by atoms with E-state index in [1.165, 1.54) is 0 Å². The molecule has 2 N–H and O–H groups in total. The molecule has 3 nitrogen and oxygen atoms in total. The average molecular weight is 433 g/mol. The Bertz CT molecular complexity index is 947. The van der Waals surface area contributed by atoms with Gasteiger partial charge >= 0.3 is 5.97 Å². The average Bonchev–Trinajstić information content (AvgIpc) is 2.79. The standard InChI is InChI=1S/C27H32O3Si/c1-26(2,20-13-21-27(3,25(28)29)22-14-7-4-8-15-22)31(30,23-16-9-5-10-17-23)24-18-11-6-12-19-24/h4-12,14-19,30H,13,20-21H2,1-3H3,(H,28,29). The molecule has 0 bridgehead atoms. The van der Waals surface area contributed by atoms with Gasteiger partial charge in [-0.3, -0.25) is 4.79 Å². The number of benzene rings is 3. The van der Waals surface area contributed by atoms with Crippen LogP contribution in [0.25, 0.3) is 0 Å². The zero-order valence-corrected chi connectivity index (χ0v) is 19.6. The van der Waals surface area contributed by atoms with Crippen LogP contribution in [-0.2, 0) is 10.2 Å². The van der Waals surface area contributed by atoms with Gasteiger partial charge in [-0.25, -0.2) is 0 Å². The number of hydrogen-bond acceptors (Lipinski definition) is 2. The van der Waals surface area contributed by atoms with Crippen LogP contribution in [0.5, 0.6) is 0 Å². The van der Waals surface area contributed by atoms with Crippen molar-refractivity contribution >= 4 is 24.7 Å². The summed E-state index contributed by atoms with van der Waals surface area (Å²) in [6.07, 6.45) is 1.96. The van der Waals surface area contributed by atoms with Crippen LogP contribution in [0.4, 0.5) is 0 Å². The summed E-state index contributed by atoms with van der Waals surface area (Å²) < 4.78 is 0. The van der Waals surface area contributed by atoms with Gasteiger partial charge in [-0.05, 0) is 40.7 Å². The second-order valence-corrected chi connectivity index (χ2v) is 13.1. The Morgan fingerprint density at radius 1 is 0.742 bits per heavy atom. The SMILES string of the molecule is CC(CCCC(C)(C)[Si](O)(c1ccccc1)c1ccccc1)(C(=O)O)c1ccccc1. The van der Waals surface area contributed by atoms with Crippen molar-refractivity contribution in [2.75, 3.05) is 0 Å². The lowest BCUT2D eigenvalue weighted by molar-refractivity contribution is -0.143. The highest BCUT2D eigenvalue weighted by Gasteiger charge is 2.49. The van der Waals surface area contributed by atoms with Gasteiger partial charge in [-0.15, -0.1) is 0 Å². The predicted octanol–water partition coefficient (Wildman–Crippen LogP) is 4.73. The fourth-order valence-electron chi connectivity index (χ4n) is 4.55. The van der Waals surface area contributed by atoms with Crippen LogP contribution in [0, 0.1) is 0 Å². The zero-order chi connectivity index (χ0) is 22.5. The van der Waals surface area contributed by atoms with Gasteiger partial charge in [-0.2, -0.15) is 0 Å². The summed E-state index contributed by atoms with van der Waals surface area (Å²) in [6.45, 7) is 6.05. The summed E-state index contributed by atoms with van der Waals surface area (Å²) in [4.78, 5) is 24.4. The maximum Gasteiger partial charge on any atom is 0.313 e. The molecule has 0 aliphatic carbocycles. The molecular formula is C27H32O3Si. The molecule has 0 aliphatic heterocycles. The Labute approximate surface area is 186 Å². The summed E-state index contributed by atoms with van der Waals surface area (Å²) >= 11 is 0. The van der Waals surface area contributed by atoms with E-state index in [9.17, 15) is 14.7 Å². The summed E-state index contributed by atoms with van der Waals surface area (Å²) in [5, 5.41) is 11.6. The fourth-order valence-corrected chi connectivity index (χ4v) is 8.34. The van der Waals surface area contributed by atoms with Crippen molar-refractivity contribution in [1.29, 1.82) is 0 Å². The van der Waals surface area contributed by atoms with E-state index in [-0.39, 0.29) is 5.04 Å². The molecule has 162 valence electrons. The van der Waals surface area contributed by atoms with Gasteiger partial charge < -0.3 is 9.90 Å². The van der Waals surface area contributed by atoms with Gasteiger partial charge in [0.05, 0.1) is 5.41 Å². The van der Waals surface area contributed by atoms with Crippen molar-refractivity contribution in [1.82, 2.24) is 0 Å². The van der Waals surface area contributed by atoms with E-state index in [0.29, 0.717) is 12.8 Å². The van der Waals surface area contributed by atoms with Crippen LogP contribution in [-0.4, -0.2) is 24.2 Å². The molecule has 0 fully saturated rings. The zero-order valence-electron chi connectivity index (χ0n) is 18.6. The molecule has 0 amide bonds. The maximum absolute atomic E-state index is 12.3. The quantitative estimate of drug-likeness (QED) is 0.481. The Balaban J connectivity index is 1.89. The second kappa shape index (κ2) is 9.21. The first-order valence-corrected chi connectivity index (χ1v) is 12.8. The van der Waals surface area contributed by atoms with E-state index in [4.69, 9.17) is 0 Å². The minimum Gasteiger partial charge on any atom is -0.481 e. The Kier molecular flexibility index (Phi) is 6.82. The molecule has 0 aliphatic rings. The molecule has 3 aromatic rings. The van der Waals surface area contributed by atoms with E-state index >= 15 is 0 Å². The molecule has 1 unspecified atom stereocenters. The van der Waals surface area contributed by atoms with E-state index in [1.807, 2.05) is 91.0 Å². The first-order valence-electron chi connectivity index (χ1n) is 10.8. The molecule has 0 saturated heterocycles. The van der Waals surface area contributed by atoms with Gasteiger partial charge in [0, 0.05) is 0 Å². The van der Waals surface area contributed by atoms with E-state index in [2.05, 4.69) is 13.8 Å². The fraction of sp³-hybridized carbons (Fsp3) is 0.296. The van der Waals surface area contributed by atoms with Crippen LogP contribution >= 0.6 is 0 Å². The minimum absolute atomic E-state index is 0.383. The summed E-state index contributed by atoms with van der Waals surface area (Å²) in [7, 11) is -3.08. The number of carbonyl (C=O) groups is 1. The maximum atomic E-state index is 12.3. The van der Waals surface area contributed by atoms with Gasteiger partial charge in [0.25, 0.3) is 8.32 Å². The van der Waals surface area contributed by atoms with Crippen molar-refractivity contribution in [2.45, 2.75) is 50.5 Å². The third-order valence-corrected chi connectivity index (χ3v) is 11.3. The van der Waals surface area contributed by atoms with Crippen LogP contribution in [0.1, 0.15) is 45.6 Å². The molecular weight excluding hydrogens is 400 g/mol. The first-order chi connectivity index (χ1) is 14.7. The molecule has 1 atom stereocenters. The third-order valence-electron chi connectivity index (χ3n) is 6.72. The third kappa shape index (κ3) is 4.50. The van der Waals surface area contributed by atoms with Gasteiger partial charge in [0.15, 0.2) is 0 Å². The smallest absolute Gasteiger partial charge is 0.313 e. The van der Waals surface area contributed by atoms with Crippen molar-refractivity contribution < 1.29 is 14.7 Å². The summed E-state index contributed by atoms with van der Waals surface area (Å²) in [5.74, 6) is -0.810. The monoisotopic (exact) mass is 432 g/mol. The lowest BCUT2D eigenvalue weighted by Crippen LogP contribution is -2.65. The highest BCUT2D eigenvalue weighted by molar-refractivity contribution is 6.98. The molecule has 31 heavy (non-hydrogen) atoms. The van der Waals surface area contributed by atoms with Crippen molar-refractivity contribution in [3.05, 3.63) is 96.6 Å². The predicted molar refractivity (Wildman–Crippen MR) is 129 cm³/mol. The molecule has 3 aromatic carbocycles. The molecule has 3 rings (SSSR count). The van der Waals surface area contributed by atoms with Gasteiger partial charge in [0.2, 0.25) is 0 Å². The normalized spacial score (nSPS) is 14.1. The molecule has 4 heteroatoms. The van der Waals surface area contributed by atoms with Gasteiger partial charge in [-0.1, -0.05) is 111 Å². The molecule has 0 saturated carbocycles. The molecule has 0 spiro atoms. The van der Waals surface area contributed by atoms with Crippen LogP contribution < -0.4 is 10.4 Å². The minimum atomic E-state index is -3.08. The van der Waals surface area contributed by atoms with Crippen molar-refractivity contribution in [3.63, 3.8) is 0 Å². The van der Waals surface area contributed by atoms with Crippen molar-refractivity contribution in [3.8, 4) is 0 Å². The summed E-state index contributed by atoms with van der Waals surface area (Å²) in [6, 6.07) is 29.4. The Morgan fingerprint density at radius 3 is 1.58 bits per heavy atom. The van der Waals surface area contributed by atoms with Crippen LogP contribution in [0.2, 0.25) is 5.04 Å². The lowest BCUT2D eigenvalue weighted by atomic mass is 9.77. The van der Waals surface area contributed by atoms with Gasteiger partial charge in [0.1, 0.15) is 0 Å². The molecule has 0 heterocycles. The topological polar surface area (TPSA) is 57.5 Å². The van der Waals surface area contributed by atoms with Crippen LogP contribution in [0.15, 0.2) is 91.0 Å². The van der Waals surface area contributed by atoms with E-state index in [0.717, 1.165) is 22.4 Å². The number of carboxylic acid groups (broad SMARTS) is 1. The van der Waals surface area contributed by atoms with Crippen LogP contribution in [0.3, 0.4) is 0 Å². The number of rotatable bonds is 9. The number of carboxylic acids is 1. The van der Waals surface area contributed by atoms with Crippen molar-refractivity contribution in [2.24, 2.45) is 0 Å². The second-order valence-electron chi connectivity index (χ2n) is 9.18. The molecule has 0 aromatic heterocycles. The highest BCUT2D eigenvalue weighted by Crippen LogP contribution is 2.42. The molecule has 0 radical (unpaired) electrons. The number of hydrogen-bond donors (Lipinski definition) is 2. The van der Waals surface area contributed by atoms with E-state index in [1.54, 1.807) is 6.92 Å². The largest absolute Gasteiger partial charge is 0.481 e. The Morgan fingerprint density at radius 2 is 1.16 bits per heavy atom.